The molecule has 2 N–H and O–H groups in total. The first kappa shape index (κ1) is 23.1. The Hall–Kier alpha value is -4.07. The van der Waals surface area contributed by atoms with E-state index in [-0.39, 0.29) is 28.9 Å². The Morgan fingerprint density at radius 2 is 1.91 bits per heavy atom. The van der Waals surface area contributed by atoms with E-state index in [1.807, 2.05) is 0 Å². The maximum atomic E-state index is 12.9. The van der Waals surface area contributed by atoms with E-state index < -0.39 is 37.2 Å². The third-order valence-corrected chi connectivity index (χ3v) is 5.39. The highest BCUT2D eigenvalue weighted by Crippen LogP contribution is 2.41. The Morgan fingerprint density at radius 3 is 2.59 bits per heavy atom. The lowest BCUT2D eigenvalue weighted by atomic mass is 10.0. The molecule has 0 saturated heterocycles. The van der Waals surface area contributed by atoms with Gasteiger partial charge in [-0.2, -0.15) is 18.4 Å². The summed E-state index contributed by atoms with van der Waals surface area (Å²) in [7, 11) is 0. The van der Waals surface area contributed by atoms with E-state index >= 15 is 0 Å². The number of halogens is 3. The topological polar surface area (TPSA) is 112 Å². The summed E-state index contributed by atoms with van der Waals surface area (Å²) in [4.78, 5) is 39.5. The molecule has 1 aliphatic carbocycles. The van der Waals surface area contributed by atoms with Crippen molar-refractivity contribution in [2.75, 3.05) is 18.5 Å². The van der Waals surface area contributed by atoms with Crippen molar-refractivity contribution in [3.05, 3.63) is 59.2 Å². The normalized spacial score (nSPS) is 17.1. The molecule has 1 fully saturated rings. The van der Waals surface area contributed by atoms with Crippen LogP contribution < -0.4 is 15.4 Å². The zero-order chi connectivity index (χ0) is 24.5. The lowest BCUT2D eigenvalue weighted by molar-refractivity contribution is -0.153. The minimum atomic E-state index is -4.56. The van der Waals surface area contributed by atoms with Crippen LogP contribution in [0.1, 0.15) is 40.4 Å². The van der Waals surface area contributed by atoms with Crippen molar-refractivity contribution < 1.29 is 32.3 Å². The number of ether oxygens (including phenoxy) is 1. The summed E-state index contributed by atoms with van der Waals surface area (Å²) >= 11 is 0. The molecule has 1 heterocycles. The third-order valence-electron chi connectivity index (χ3n) is 5.39. The van der Waals surface area contributed by atoms with Crippen molar-refractivity contribution in [1.29, 1.82) is 5.26 Å². The van der Waals surface area contributed by atoms with Gasteiger partial charge in [-0.05, 0) is 42.7 Å². The highest BCUT2D eigenvalue weighted by atomic mass is 19.4. The molecule has 0 bridgehead atoms. The van der Waals surface area contributed by atoms with Gasteiger partial charge >= 0.3 is 6.18 Å². The molecular formula is C23H19F3N4O4. The monoisotopic (exact) mass is 472 g/mol. The molecule has 34 heavy (non-hydrogen) atoms. The molecule has 3 amide bonds. The number of fused-ring (bicyclic) bond motifs is 1. The first-order chi connectivity index (χ1) is 16.2. The average molecular weight is 472 g/mol. The van der Waals surface area contributed by atoms with Gasteiger partial charge in [-0.3, -0.25) is 14.4 Å². The largest absolute Gasteiger partial charge is 0.483 e. The van der Waals surface area contributed by atoms with Crippen LogP contribution >= 0.6 is 0 Å². The van der Waals surface area contributed by atoms with Crippen LogP contribution in [0, 0.1) is 11.3 Å². The molecule has 2 aromatic rings. The van der Waals surface area contributed by atoms with Gasteiger partial charge in [0.05, 0.1) is 12.1 Å². The maximum Gasteiger partial charge on any atom is 0.422 e. The van der Waals surface area contributed by atoms with Gasteiger partial charge in [-0.15, -0.1) is 0 Å². The zero-order valence-corrected chi connectivity index (χ0v) is 17.7. The third kappa shape index (κ3) is 4.96. The van der Waals surface area contributed by atoms with E-state index in [0.29, 0.717) is 11.1 Å². The van der Waals surface area contributed by atoms with Gasteiger partial charge < -0.3 is 20.3 Å². The molecule has 2 aliphatic rings. The van der Waals surface area contributed by atoms with Crippen molar-refractivity contribution in [3.8, 4) is 11.8 Å². The van der Waals surface area contributed by atoms with Crippen LogP contribution in [0.5, 0.6) is 5.75 Å². The molecule has 1 aliphatic heterocycles. The number of nitriles is 1. The summed E-state index contributed by atoms with van der Waals surface area (Å²) in [6, 6.07) is 11.3. The fraction of sp³-hybridized carbons (Fsp3) is 0.304. The number of hydrogen-bond donors (Lipinski definition) is 2. The standard InChI is InChI=1S/C23H19F3N4O4/c24-23(25,26)12-34-18-8-5-14(9-13(18)10-27)29-19(31)11-28-21(32)20-16-3-1-2-4-17(16)22(33)30(20)15-6-7-15/h1-5,8-9,15,20H,6-7,11-12H2,(H,28,32)(H,29,31). The highest BCUT2D eigenvalue weighted by molar-refractivity contribution is 6.05. The summed E-state index contributed by atoms with van der Waals surface area (Å²) in [5.41, 5.74) is 1.02. The van der Waals surface area contributed by atoms with Gasteiger partial charge in [-0.25, -0.2) is 0 Å². The average Bonchev–Trinajstić information content (AvgIpc) is 3.59. The van der Waals surface area contributed by atoms with E-state index in [2.05, 4.69) is 15.4 Å². The van der Waals surface area contributed by atoms with E-state index in [9.17, 15) is 27.6 Å². The molecule has 1 saturated carbocycles. The van der Waals surface area contributed by atoms with Crippen LogP contribution in [0.2, 0.25) is 0 Å². The number of carbonyl (C=O) groups excluding carboxylic acids is 3. The van der Waals surface area contributed by atoms with E-state index in [1.54, 1.807) is 35.2 Å². The molecule has 11 heteroatoms. The van der Waals surface area contributed by atoms with Crippen molar-refractivity contribution in [2.24, 2.45) is 0 Å². The number of carbonyl (C=O) groups is 3. The second-order valence-electron chi connectivity index (χ2n) is 7.93. The van der Waals surface area contributed by atoms with Gasteiger partial charge in [0, 0.05) is 17.3 Å². The smallest absolute Gasteiger partial charge is 0.422 e. The van der Waals surface area contributed by atoms with Crippen LogP contribution in [0.3, 0.4) is 0 Å². The predicted molar refractivity (Wildman–Crippen MR) is 113 cm³/mol. The molecule has 1 unspecified atom stereocenters. The van der Waals surface area contributed by atoms with Crippen LogP contribution in [-0.4, -0.2) is 48.0 Å². The summed E-state index contributed by atoms with van der Waals surface area (Å²) < 4.78 is 41.6. The van der Waals surface area contributed by atoms with Crippen molar-refractivity contribution in [2.45, 2.75) is 31.1 Å². The zero-order valence-electron chi connectivity index (χ0n) is 17.7. The first-order valence-electron chi connectivity index (χ1n) is 10.4. The van der Waals surface area contributed by atoms with Gasteiger partial charge in [0.1, 0.15) is 17.9 Å². The van der Waals surface area contributed by atoms with Gasteiger partial charge in [-0.1, -0.05) is 18.2 Å². The predicted octanol–water partition coefficient (Wildman–Crippen LogP) is 2.91. The maximum absolute atomic E-state index is 12.9. The molecule has 4 rings (SSSR count). The quantitative estimate of drug-likeness (QED) is 0.644. The van der Waals surface area contributed by atoms with Crippen LogP contribution in [0.25, 0.3) is 0 Å². The number of hydrogen-bond acceptors (Lipinski definition) is 5. The fourth-order valence-corrected chi connectivity index (χ4v) is 3.78. The molecule has 0 radical (unpaired) electrons. The Labute approximate surface area is 192 Å². The highest BCUT2D eigenvalue weighted by Gasteiger charge is 2.47. The molecule has 2 aromatic carbocycles. The van der Waals surface area contributed by atoms with Crippen molar-refractivity contribution in [3.63, 3.8) is 0 Å². The molecule has 176 valence electrons. The summed E-state index contributed by atoms with van der Waals surface area (Å²) in [5, 5.41) is 14.2. The van der Waals surface area contributed by atoms with E-state index in [4.69, 9.17) is 5.26 Å². The first-order valence-corrected chi connectivity index (χ1v) is 10.4. The van der Waals surface area contributed by atoms with E-state index in [1.165, 1.54) is 12.1 Å². The molecule has 0 spiro atoms. The Kier molecular flexibility index (Phi) is 6.15. The minimum absolute atomic E-state index is 0.00745. The summed E-state index contributed by atoms with van der Waals surface area (Å²) in [6.45, 7) is -1.96. The molecular weight excluding hydrogens is 453 g/mol. The number of amides is 3. The summed E-state index contributed by atoms with van der Waals surface area (Å²) in [5.74, 6) is -1.58. The van der Waals surface area contributed by atoms with Gasteiger partial charge in [0.15, 0.2) is 6.61 Å². The van der Waals surface area contributed by atoms with Crippen LogP contribution in [0.4, 0.5) is 18.9 Å². The number of alkyl halides is 3. The molecule has 8 nitrogen and oxygen atoms in total. The molecule has 1 atom stereocenters. The SMILES string of the molecule is N#Cc1cc(NC(=O)CNC(=O)C2c3ccccc3C(=O)N2C2CC2)ccc1OCC(F)(F)F. The Balaban J connectivity index is 1.38. The number of nitrogens with zero attached hydrogens (tertiary/aromatic N) is 2. The van der Waals surface area contributed by atoms with Crippen molar-refractivity contribution >= 4 is 23.4 Å². The molecule has 0 aromatic heterocycles. The fourth-order valence-electron chi connectivity index (χ4n) is 3.78. The Morgan fingerprint density at radius 1 is 1.18 bits per heavy atom. The van der Waals surface area contributed by atoms with Gasteiger partial charge in [0.2, 0.25) is 11.8 Å². The van der Waals surface area contributed by atoms with E-state index in [0.717, 1.165) is 18.9 Å². The second kappa shape index (κ2) is 9.05. The number of benzene rings is 2. The Bertz CT molecular complexity index is 1190. The number of rotatable bonds is 7. The lowest BCUT2D eigenvalue weighted by Crippen LogP contribution is -2.42. The summed E-state index contributed by atoms with van der Waals surface area (Å²) in [6.07, 6.45) is -2.93. The van der Waals surface area contributed by atoms with Crippen LogP contribution in [0.15, 0.2) is 42.5 Å². The lowest BCUT2D eigenvalue weighted by Gasteiger charge is -2.24. The van der Waals surface area contributed by atoms with Crippen molar-refractivity contribution in [1.82, 2.24) is 10.2 Å². The van der Waals surface area contributed by atoms with Gasteiger partial charge in [0.25, 0.3) is 5.91 Å². The number of anilines is 1. The second-order valence-corrected chi connectivity index (χ2v) is 7.93. The minimum Gasteiger partial charge on any atom is -0.483 e. The van der Waals surface area contributed by atoms with Crippen LogP contribution in [-0.2, 0) is 9.59 Å². The number of nitrogens with one attached hydrogen (secondary N) is 2.